The SMILES string of the molecule is COc1ccc(NC2CCCCC2N)cc1Br. The molecule has 2 unspecified atom stereocenters. The lowest BCUT2D eigenvalue weighted by Gasteiger charge is -2.30. The van der Waals surface area contributed by atoms with Gasteiger partial charge in [-0.05, 0) is 47.0 Å². The highest BCUT2D eigenvalue weighted by Gasteiger charge is 2.21. The molecule has 1 aliphatic rings. The van der Waals surface area contributed by atoms with Gasteiger partial charge in [0.05, 0.1) is 11.6 Å². The van der Waals surface area contributed by atoms with Gasteiger partial charge in [-0.25, -0.2) is 0 Å². The monoisotopic (exact) mass is 298 g/mol. The summed E-state index contributed by atoms with van der Waals surface area (Å²) in [6.45, 7) is 0. The molecule has 17 heavy (non-hydrogen) atoms. The van der Waals surface area contributed by atoms with Gasteiger partial charge in [0.1, 0.15) is 5.75 Å². The van der Waals surface area contributed by atoms with Crippen LogP contribution in [0.1, 0.15) is 25.7 Å². The first kappa shape index (κ1) is 12.7. The zero-order valence-electron chi connectivity index (χ0n) is 10.1. The van der Waals surface area contributed by atoms with Crippen molar-refractivity contribution in [2.24, 2.45) is 5.73 Å². The molecule has 0 spiro atoms. The third kappa shape index (κ3) is 3.13. The molecule has 1 saturated carbocycles. The third-order valence-corrected chi connectivity index (χ3v) is 3.94. The van der Waals surface area contributed by atoms with Gasteiger partial charge in [-0.1, -0.05) is 12.8 Å². The Kier molecular flexibility index (Phi) is 4.29. The van der Waals surface area contributed by atoms with Crippen molar-refractivity contribution in [3.8, 4) is 5.75 Å². The summed E-state index contributed by atoms with van der Waals surface area (Å²) in [7, 11) is 1.67. The first-order valence-corrected chi connectivity index (χ1v) is 6.85. The van der Waals surface area contributed by atoms with Gasteiger partial charge in [-0.2, -0.15) is 0 Å². The summed E-state index contributed by atoms with van der Waals surface area (Å²) in [6.07, 6.45) is 4.80. The lowest BCUT2D eigenvalue weighted by Crippen LogP contribution is -2.42. The Labute approximate surface area is 111 Å². The Balaban J connectivity index is 2.05. The summed E-state index contributed by atoms with van der Waals surface area (Å²) >= 11 is 3.49. The molecule has 0 radical (unpaired) electrons. The smallest absolute Gasteiger partial charge is 0.133 e. The molecule has 2 atom stereocenters. The van der Waals surface area contributed by atoms with Crippen molar-refractivity contribution < 1.29 is 4.74 Å². The molecule has 0 amide bonds. The standard InChI is InChI=1S/C13H19BrN2O/c1-17-13-7-6-9(8-10(13)14)16-12-5-3-2-4-11(12)15/h6-8,11-12,16H,2-5,15H2,1H3. The number of hydrogen-bond donors (Lipinski definition) is 2. The summed E-state index contributed by atoms with van der Waals surface area (Å²) in [4.78, 5) is 0. The van der Waals surface area contributed by atoms with Crippen LogP contribution in [0.15, 0.2) is 22.7 Å². The topological polar surface area (TPSA) is 47.3 Å². The number of halogens is 1. The minimum Gasteiger partial charge on any atom is -0.496 e. The van der Waals surface area contributed by atoms with Crippen molar-refractivity contribution in [3.63, 3.8) is 0 Å². The van der Waals surface area contributed by atoms with E-state index in [2.05, 4.69) is 21.2 Å². The zero-order valence-corrected chi connectivity index (χ0v) is 11.7. The highest BCUT2D eigenvalue weighted by atomic mass is 79.9. The van der Waals surface area contributed by atoms with Crippen LogP contribution in [0.3, 0.4) is 0 Å². The third-order valence-electron chi connectivity index (χ3n) is 3.32. The number of nitrogens with two attached hydrogens (primary N) is 1. The highest BCUT2D eigenvalue weighted by molar-refractivity contribution is 9.10. The van der Waals surface area contributed by atoms with Crippen molar-refractivity contribution >= 4 is 21.6 Å². The predicted octanol–water partition coefficient (Wildman–Crippen LogP) is 3.14. The molecular formula is C13H19BrN2O. The number of ether oxygens (including phenoxy) is 1. The van der Waals surface area contributed by atoms with Gasteiger partial charge in [-0.15, -0.1) is 0 Å². The molecule has 1 aromatic rings. The Hall–Kier alpha value is -0.740. The van der Waals surface area contributed by atoms with Crippen LogP contribution in [0.4, 0.5) is 5.69 Å². The summed E-state index contributed by atoms with van der Waals surface area (Å²) in [5.41, 5.74) is 7.22. The molecule has 4 heteroatoms. The van der Waals surface area contributed by atoms with Gasteiger partial charge in [0.15, 0.2) is 0 Å². The van der Waals surface area contributed by atoms with Crippen LogP contribution in [-0.4, -0.2) is 19.2 Å². The lowest BCUT2D eigenvalue weighted by atomic mass is 9.91. The molecule has 0 saturated heterocycles. The summed E-state index contributed by atoms with van der Waals surface area (Å²) in [6, 6.07) is 6.69. The Morgan fingerprint density at radius 2 is 2.12 bits per heavy atom. The van der Waals surface area contributed by atoms with E-state index in [4.69, 9.17) is 10.5 Å². The van der Waals surface area contributed by atoms with Crippen LogP contribution in [0.25, 0.3) is 0 Å². The second kappa shape index (κ2) is 5.74. The largest absolute Gasteiger partial charge is 0.496 e. The Morgan fingerprint density at radius 3 is 2.76 bits per heavy atom. The van der Waals surface area contributed by atoms with Crippen LogP contribution in [0, 0.1) is 0 Å². The van der Waals surface area contributed by atoms with Crippen molar-refractivity contribution in [3.05, 3.63) is 22.7 Å². The second-order valence-electron chi connectivity index (χ2n) is 4.55. The molecule has 3 N–H and O–H groups in total. The number of rotatable bonds is 3. The zero-order chi connectivity index (χ0) is 12.3. The maximum Gasteiger partial charge on any atom is 0.133 e. The first-order valence-electron chi connectivity index (χ1n) is 6.06. The molecule has 94 valence electrons. The van der Waals surface area contributed by atoms with E-state index in [1.165, 1.54) is 12.8 Å². The molecule has 0 heterocycles. The van der Waals surface area contributed by atoms with E-state index in [0.29, 0.717) is 6.04 Å². The molecule has 1 aliphatic carbocycles. The number of methoxy groups -OCH3 is 1. The van der Waals surface area contributed by atoms with Crippen molar-refractivity contribution in [1.29, 1.82) is 0 Å². The highest BCUT2D eigenvalue weighted by Crippen LogP contribution is 2.29. The maximum atomic E-state index is 6.12. The molecule has 0 aromatic heterocycles. The van der Waals surface area contributed by atoms with Crippen molar-refractivity contribution in [1.82, 2.24) is 0 Å². The van der Waals surface area contributed by atoms with Gasteiger partial charge in [0, 0.05) is 17.8 Å². The predicted molar refractivity (Wildman–Crippen MR) is 74.5 cm³/mol. The van der Waals surface area contributed by atoms with Gasteiger partial charge in [-0.3, -0.25) is 0 Å². The minimum atomic E-state index is 0.268. The molecule has 1 aromatic carbocycles. The summed E-state index contributed by atoms with van der Waals surface area (Å²) < 4.78 is 6.18. The molecule has 3 nitrogen and oxygen atoms in total. The van der Waals surface area contributed by atoms with Crippen molar-refractivity contribution in [2.45, 2.75) is 37.8 Å². The van der Waals surface area contributed by atoms with E-state index in [1.54, 1.807) is 7.11 Å². The minimum absolute atomic E-state index is 0.268. The van der Waals surface area contributed by atoms with Gasteiger partial charge in [0.25, 0.3) is 0 Å². The van der Waals surface area contributed by atoms with E-state index in [9.17, 15) is 0 Å². The average molecular weight is 299 g/mol. The van der Waals surface area contributed by atoms with E-state index >= 15 is 0 Å². The number of benzene rings is 1. The van der Waals surface area contributed by atoms with Gasteiger partial charge >= 0.3 is 0 Å². The van der Waals surface area contributed by atoms with Gasteiger partial charge in [0.2, 0.25) is 0 Å². The molecule has 2 rings (SSSR count). The van der Waals surface area contributed by atoms with Gasteiger partial charge < -0.3 is 15.8 Å². The van der Waals surface area contributed by atoms with Crippen LogP contribution in [0.5, 0.6) is 5.75 Å². The summed E-state index contributed by atoms with van der Waals surface area (Å²) in [5.74, 6) is 0.850. The normalized spacial score (nSPS) is 24.4. The molecule has 0 bridgehead atoms. The summed E-state index contributed by atoms with van der Waals surface area (Å²) in [5, 5.41) is 3.51. The molecule has 1 fully saturated rings. The van der Waals surface area contributed by atoms with E-state index in [0.717, 1.165) is 28.8 Å². The molecule has 0 aliphatic heterocycles. The van der Waals surface area contributed by atoms with Crippen LogP contribution in [-0.2, 0) is 0 Å². The average Bonchev–Trinajstić information content (AvgIpc) is 2.32. The fraction of sp³-hybridized carbons (Fsp3) is 0.538. The number of anilines is 1. The Morgan fingerprint density at radius 1 is 1.35 bits per heavy atom. The van der Waals surface area contributed by atoms with E-state index in [-0.39, 0.29) is 6.04 Å². The van der Waals surface area contributed by atoms with Crippen LogP contribution >= 0.6 is 15.9 Å². The first-order chi connectivity index (χ1) is 8.20. The van der Waals surface area contributed by atoms with Crippen LogP contribution in [0.2, 0.25) is 0 Å². The second-order valence-corrected chi connectivity index (χ2v) is 5.40. The lowest BCUT2D eigenvalue weighted by molar-refractivity contribution is 0.403. The van der Waals surface area contributed by atoms with E-state index in [1.807, 2.05) is 18.2 Å². The van der Waals surface area contributed by atoms with E-state index < -0.39 is 0 Å². The van der Waals surface area contributed by atoms with Crippen LogP contribution < -0.4 is 15.8 Å². The fourth-order valence-electron chi connectivity index (χ4n) is 2.31. The van der Waals surface area contributed by atoms with Crippen molar-refractivity contribution in [2.75, 3.05) is 12.4 Å². The number of hydrogen-bond acceptors (Lipinski definition) is 3. The Bertz CT molecular complexity index is 384. The fourth-order valence-corrected chi connectivity index (χ4v) is 2.85. The molecular weight excluding hydrogens is 280 g/mol. The quantitative estimate of drug-likeness (QED) is 0.901. The maximum absolute atomic E-state index is 6.12. The number of nitrogens with one attached hydrogen (secondary N) is 1.